The molecule has 0 aromatic heterocycles. The number of hydrogen-bond acceptors (Lipinski definition) is 1. The molecule has 1 aromatic carbocycles. The highest BCUT2D eigenvalue weighted by atomic mass is 35.5. The smallest absolute Gasteiger partial charge is 0.314 e. The highest BCUT2D eigenvalue weighted by molar-refractivity contribution is 6.35. The number of hydrogen-bond donors (Lipinski definition) is 1. The number of halogens is 5. The molecule has 114 valence electrons. The fourth-order valence-corrected chi connectivity index (χ4v) is 2.40. The second-order valence-corrected chi connectivity index (χ2v) is 5.59. The Hall–Kier alpha value is -0.450. The molecule has 0 bridgehead atoms. The monoisotopic (exact) mass is 327 g/mol. The van der Waals surface area contributed by atoms with Gasteiger partial charge in [0.05, 0.1) is 0 Å². The molecule has 0 saturated carbocycles. The van der Waals surface area contributed by atoms with Crippen LogP contribution in [0.2, 0.25) is 10.0 Å². The third-order valence-corrected chi connectivity index (χ3v) is 3.53. The molecule has 1 atom stereocenters. The summed E-state index contributed by atoms with van der Waals surface area (Å²) in [5.41, 5.74) is 0.812. The Balaban J connectivity index is 2.67. The van der Waals surface area contributed by atoms with Crippen molar-refractivity contribution in [3.8, 4) is 0 Å². The van der Waals surface area contributed by atoms with Crippen molar-refractivity contribution in [2.75, 3.05) is 6.54 Å². The Labute approximate surface area is 127 Å². The zero-order valence-electron chi connectivity index (χ0n) is 11.2. The van der Waals surface area contributed by atoms with Crippen LogP contribution in [0.5, 0.6) is 0 Å². The molecule has 0 saturated heterocycles. The van der Waals surface area contributed by atoms with Crippen LogP contribution in [-0.2, 0) is 6.42 Å². The third-order valence-electron chi connectivity index (χ3n) is 2.94. The van der Waals surface area contributed by atoms with Crippen molar-refractivity contribution in [2.45, 2.75) is 44.8 Å². The third kappa shape index (κ3) is 6.82. The molecule has 1 rings (SSSR count). The molecule has 0 aliphatic carbocycles. The molecule has 0 radical (unpaired) electrons. The first-order valence-corrected chi connectivity index (χ1v) is 7.31. The number of rotatable bonds is 7. The van der Waals surface area contributed by atoms with Crippen LogP contribution in [0.1, 0.15) is 31.7 Å². The lowest BCUT2D eigenvalue weighted by Crippen LogP contribution is -2.33. The largest absolute Gasteiger partial charge is 0.389 e. The van der Waals surface area contributed by atoms with Gasteiger partial charge in [-0.15, -0.1) is 0 Å². The first-order valence-electron chi connectivity index (χ1n) is 6.56. The minimum atomic E-state index is -4.13. The molecule has 20 heavy (non-hydrogen) atoms. The van der Waals surface area contributed by atoms with Crippen molar-refractivity contribution in [3.05, 3.63) is 33.8 Å². The van der Waals surface area contributed by atoms with Crippen molar-refractivity contribution in [1.29, 1.82) is 0 Å². The second-order valence-electron chi connectivity index (χ2n) is 4.74. The van der Waals surface area contributed by atoms with Crippen LogP contribution in [-0.4, -0.2) is 18.8 Å². The van der Waals surface area contributed by atoms with Gasteiger partial charge in [-0.25, -0.2) is 0 Å². The van der Waals surface area contributed by atoms with Crippen molar-refractivity contribution < 1.29 is 13.2 Å². The van der Waals surface area contributed by atoms with Crippen molar-refractivity contribution in [1.82, 2.24) is 5.32 Å². The van der Waals surface area contributed by atoms with Gasteiger partial charge in [-0.2, -0.15) is 13.2 Å². The highest BCUT2D eigenvalue weighted by Crippen LogP contribution is 2.26. The van der Waals surface area contributed by atoms with Gasteiger partial charge in [0.1, 0.15) is 0 Å². The molecule has 1 unspecified atom stereocenters. The zero-order valence-corrected chi connectivity index (χ0v) is 12.7. The van der Waals surface area contributed by atoms with E-state index in [1.54, 1.807) is 18.2 Å². The Morgan fingerprint density at radius 3 is 2.50 bits per heavy atom. The summed E-state index contributed by atoms with van der Waals surface area (Å²) in [6.07, 6.45) is -3.54. The number of nitrogens with one attached hydrogen (secondary N) is 1. The maximum absolute atomic E-state index is 12.3. The van der Waals surface area contributed by atoms with Crippen molar-refractivity contribution >= 4 is 23.2 Å². The minimum absolute atomic E-state index is 0.0441. The Morgan fingerprint density at radius 2 is 1.95 bits per heavy atom. The van der Waals surface area contributed by atoms with Gasteiger partial charge in [0, 0.05) is 22.5 Å². The van der Waals surface area contributed by atoms with Crippen molar-refractivity contribution in [3.63, 3.8) is 0 Å². The lowest BCUT2D eigenvalue weighted by molar-refractivity contribution is -0.136. The molecule has 0 aliphatic heterocycles. The van der Waals surface area contributed by atoms with Crippen LogP contribution in [0.4, 0.5) is 13.2 Å². The summed E-state index contributed by atoms with van der Waals surface area (Å²) in [4.78, 5) is 0. The number of alkyl halides is 3. The van der Waals surface area contributed by atoms with Gasteiger partial charge in [0.15, 0.2) is 0 Å². The molecular weight excluding hydrogens is 310 g/mol. The fourth-order valence-electron chi connectivity index (χ4n) is 1.92. The average Bonchev–Trinajstić information content (AvgIpc) is 2.34. The van der Waals surface area contributed by atoms with Crippen LogP contribution < -0.4 is 5.32 Å². The fraction of sp³-hybridized carbons (Fsp3) is 0.571. The highest BCUT2D eigenvalue weighted by Gasteiger charge is 2.28. The van der Waals surface area contributed by atoms with Gasteiger partial charge in [-0.3, -0.25) is 0 Å². The topological polar surface area (TPSA) is 12.0 Å². The maximum atomic E-state index is 12.3. The van der Waals surface area contributed by atoms with Gasteiger partial charge in [-0.1, -0.05) is 36.2 Å². The van der Waals surface area contributed by atoms with E-state index in [0.717, 1.165) is 12.0 Å². The predicted octanol–water partition coefficient (Wildman–Crippen LogP) is 5.25. The summed E-state index contributed by atoms with van der Waals surface area (Å²) >= 11 is 11.9. The van der Waals surface area contributed by atoms with E-state index in [2.05, 4.69) is 5.32 Å². The van der Waals surface area contributed by atoms with Crippen LogP contribution in [0, 0.1) is 0 Å². The molecule has 1 nitrogen and oxygen atoms in total. The Morgan fingerprint density at radius 1 is 1.25 bits per heavy atom. The molecule has 0 aliphatic rings. The number of benzene rings is 1. The summed E-state index contributed by atoms with van der Waals surface area (Å²) in [6, 6.07) is 4.83. The Bertz CT molecular complexity index is 421. The minimum Gasteiger partial charge on any atom is -0.314 e. The van der Waals surface area contributed by atoms with Gasteiger partial charge in [0.2, 0.25) is 0 Å². The van der Waals surface area contributed by atoms with E-state index in [-0.39, 0.29) is 12.5 Å². The zero-order chi connectivity index (χ0) is 15.2. The SMILES string of the molecule is CCCNC(CCC(F)(F)F)Cc1ccc(Cl)cc1Cl. The van der Waals surface area contributed by atoms with Gasteiger partial charge in [0.25, 0.3) is 0 Å². The van der Waals surface area contributed by atoms with Gasteiger partial charge in [-0.05, 0) is 43.5 Å². The summed E-state index contributed by atoms with van der Waals surface area (Å²) in [6.45, 7) is 2.66. The van der Waals surface area contributed by atoms with E-state index in [4.69, 9.17) is 23.2 Å². The molecular formula is C14H18Cl2F3N. The molecule has 0 heterocycles. The van der Waals surface area contributed by atoms with Crippen molar-refractivity contribution in [2.24, 2.45) is 0 Å². The van der Waals surface area contributed by atoms with E-state index in [1.165, 1.54) is 0 Å². The molecule has 1 aromatic rings. The van der Waals surface area contributed by atoms with Crippen LogP contribution in [0.3, 0.4) is 0 Å². The van der Waals surface area contributed by atoms with E-state index < -0.39 is 12.6 Å². The molecule has 6 heteroatoms. The quantitative estimate of drug-likeness (QED) is 0.721. The normalized spacial score (nSPS) is 13.5. The standard InChI is InChI=1S/C14H18Cl2F3N/c1-2-7-20-12(5-6-14(17,18)19)8-10-3-4-11(15)9-13(10)16/h3-4,9,12,20H,2,5-8H2,1H3. The summed E-state index contributed by atoms with van der Waals surface area (Å²) in [5, 5.41) is 4.15. The first-order chi connectivity index (χ1) is 9.31. The molecule has 0 spiro atoms. The Kier molecular flexibility index (Phi) is 7.13. The van der Waals surface area contributed by atoms with Gasteiger partial charge >= 0.3 is 6.18 Å². The predicted molar refractivity (Wildman–Crippen MR) is 77.5 cm³/mol. The lowest BCUT2D eigenvalue weighted by Gasteiger charge is -2.20. The van der Waals surface area contributed by atoms with Gasteiger partial charge < -0.3 is 5.32 Å². The lowest BCUT2D eigenvalue weighted by atomic mass is 10.0. The second kappa shape index (κ2) is 8.11. The van der Waals surface area contributed by atoms with E-state index in [1.807, 2.05) is 6.92 Å². The first kappa shape index (κ1) is 17.6. The summed E-state index contributed by atoms with van der Waals surface area (Å²) in [5.74, 6) is 0. The van der Waals surface area contributed by atoms with E-state index in [0.29, 0.717) is 23.0 Å². The maximum Gasteiger partial charge on any atom is 0.389 e. The van der Waals surface area contributed by atoms with Crippen LogP contribution >= 0.6 is 23.2 Å². The average molecular weight is 328 g/mol. The molecule has 1 N–H and O–H groups in total. The van der Waals surface area contributed by atoms with E-state index in [9.17, 15) is 13.2 Å². The molecule has 0 fully saturated rings. The van der Waals surface area contributed by atoms with Crippen LogP contribution in [0.25, 0.3) is 0 Å². The summed E-state index contributed by atoms with van der Waals surface area (Å²) < 4.78 is 37.0. The van der Waals surface area contributed by atoms with Crippen LogP contribution in [0.15, 0.2) is 18.2 Å². The summed E-state index contributed by atoms with van der Waals surface area (Å²) in [7, 11) is 0. The van der Waals surface area contributed by atoms with E-state index >= 15 is 0 Å². The molecule has 0 amide bonds.